The first kappa shape index (κ1) is 20.9. The molecule has 0 radical (unpaired) electrons. The summed E-state index contributed by atoms with van der Waals surface area (Å²) in [5.41, 5.74) is 1.79. The number of methoxy groups -OCH3 is 2. The first-order valence-corrected chi connectivity index (χ1v) is 8.57. The number of para-hydroxylation sites is 1. The summed E-state index contributed by atoms with van der Waals surface area (Å²) in [5, 5.41) is 7.67. The molecule has 8 nitrogen and oxygen atoms in total. The van der Waals surface area contributed by atoms with Crippen molar-refractivity contribution in [2.24, 2.45) is 0 Å². The predicted molar refractivity (Wildman–Crippen MR) is 105 cm³/mol. The normalized spacial score (nSPS) is 11.2. The van der Waals surface area contributed by atoms with Gasteiger partial charge in [0.1, 0.15) is 11.9 Å². The molecule has 148 valence electrons. The molecule has 0 aliphatic rings. The molecule has 3 amide bonds. The molecule has 0 fully saturated rings. The molecule has 28 heavy (non-hydrogen) atoms. The van der Waals surface area contributed by atoms with Crippen molar-refractivity contribution >= 4 is 29.1 Å². The van der Waals surface area contributed by atoms with E-state index in [2.05, 4.69) is 16.0 Å². The Hall–Kier alpha value is -3.39. The van der Waals surface area contributed by atoms with Gasteiger partial charge in [-0.3, -0.25) is 14.4 Å². The van der Waals surface area contributed by atoms with Gasteiger partial charge in [0.05, 0.1) is 7.11 Å². The van der Waals surface area contributed by atoms with Crippen molar-refractivity contribution in [2.45, 2.75) is 13.0 Å². The molecule has 0 bridgehead atoms. The monoisotopic (exact) mass is 385 g/mol. The molecule has 0 aliphatic carbocycles. The number of nitrogens with one attached hydrogen (secondary N) is 3. The van der Waals surface area contributed by atoms with Gasteiger partial charge in [0.25, 0.3) is 0 Å². The van der Waals surface area contributed by atoms with Gasteiger partial charge in [-0.2, -0.15) is 0 Å². The van der Waals surface area contributed by atoms with Crippen LogP contribution in [-0.2, 0) is 19.1 Å². The third-order valence-corrected chi connectivity index (χ3v) is 3.89. The number of ether oxygens (including phenoxy) is 2. The van der Waals surface area contributed by atoms with Gasteiger partial charge in [-0.25, -0.2) is 0 Å². The SMILES string of the molecule is COc1ccccc1C(CNC(=O)C(=O)Nc1ccc(NC(C)=O)cc1)OC. The number of carbonyl (C=O) groups excluding carboxylic acids is 3. The van der Waals surface area contributed by atoms with E-state index in [-0.39, 0.29) is 12.5 Å². The number of rotatable bonds is 7. The molecule has 1 unspecified atom stereocenters. The van der Waals surface area contributed by atoms with Gasteiger partial charge in [-0.15, -0.1) is 0 Å². The Morgan fingerprint density at radius 3 is 2.07 bits per heavy atom. The Morgan fingerprint density at radius 1 is 0.893 bits per heavy atom. The molecule has 2 rings (SSSR count). The van der Waals surface area contributed by atoms with Crippen LogP contribution in [0.15, 0.2) is 48.5 Å². The van der Waals surface area contributed by atoms with E-state index in [1.165, 1.54) is 14.0 Å². The van der Waals surface area contributed by atoms with Crippen molar-refractivity contribution in [2.75, 3.05) is 31.4 Å². The second-order valence-corrected chi connectivity index (χ2v) is 5.89. The fourth-order valence-corrected chi connectivity index (χ4v) is 2.55. The molecule has 8 heteroatoms. The lowest BCUT2D eigenvalue weighted by molar-refractivity contribution is -0.136. The Kier molecular flexibility index (Phi) is 7.53. The van der Waals surface area contributed by atoms with E-state index in [1.807, 2.05) is 18.2 Å². The lowest BCUT2D eigenvalue weighted by Crippen LogP contribution is -2.38. The Balaban J connectivity index is 1.92. The molecule has 0 spiro atoms. The summed E-state index contributed by atoms with van der Waals surface area (Å²) < 4.78 is 10.7. The zero-order chi connectivity index (χ0) is 20.5. The zero-order valence-corrected chi connectivity index (χ0v) is 15.9. The minimum atomic E-state index is -0.804. The van der Waals surface area contributed by atoms with Crippen LogP contribution in [0.4, 0.5) is 11.4 Å². The van der Waals surface area contributed by atoms with Gasteiger partial charge in [0, 0.05) is 37.5 Å². The van der Waals surface area contributed by atoms with Crippen LogP contribution < -0.4 is 20.7 Å². The van der Waals surface area contributed by atoms with Gasteiger partial charge < -0.3 is 25.4 Å². The number of carbonyl (C=O) groups is 3. The molecule has 0 saturated carbocycles. The lowest BCUT2D eigenvalue weighted by Gasteiger charge is -2.18. The van der Waals surface area contributed by atoms with E-state index >= 15 is 0 Å². The molecule has 0 aliphatic heterocycles. The Bertz CT molecular complexity index is 836. The Morgan fingerprint density at radius 2 is 1.50 bits per heavy atom. The summed E-state index contributed by atoms with van der Waals surface area (Å²) in [5.74, 6) is -1.16. The molecule has 0 aromatic heterocycles. The van der Waals surface area contributed by atoms with Crippen LogP contribution in [0.2, 0.25) is 0 Å². The van der Waals surface area contributed by atoms with Gasteiger partial charge in [-0.05, 0) is 30.3 Å². The predicted octanol–water partition coefficient (Wildman–Crippen LogP) is 2.10. The minimum absolute atomic E-state index is 0.102. The van der Waals surface area contributed by atoms with Crippen molar-refractivity contribution in [3.63, 3.8) is 0 Å². The second kappa shape index (κ2) is 10.1. The van der Waals surface area contributed by atoms with E-state index in [4.69, 9.17) is 9.47 Å². The highest BCUT2D eigenvalue weighted by Crippen LogP contribution is 2.26. The summed E-state index contributed by atoms with van der Waals surface area (Å²) in [7, 11) is 3.06. The second-order valence-electron chi connectivity index (χ2n) is 5.89. The number of benzene rings is 2. The van der Waals surface area contributed by atoms with Crippen molar-refractivity contribution in [3.05, 3.63) is 54.1 Å². The van der Waals surface area contributed by atoms with Crippen molar-refractivity contribution in [1.82, 2.24) is 5.32 Å². The smallest absolute Gasteiger partial charge is 0.313 e. The number of amides is 3. The molecule has 3 N–H and O–H groups in total. The first-order valence-electron chi connectivity index (χ1n) is 8.57. The van der Waals surface area contributed by atoms with Crippen molar-refractivity contribution < 1.29 is 23.9 Å². The quantitative estimate of drug-likeness (QED) is 0.633. The van der Waals surface area contributed by atoms with Crippen LogP contribution in [0, 0.1) is 0 Å². The maximum absolute atomic E-state index is 12.1. The van der Waals surface area contributed by atoms with Crippen LogP contribution in [0.3, 0.4) is 0 Å². The minimum Gasteiger partial charge on any atom is -0.496 e. The summed E-state index contributed by atoms with van der Waals surface area (Å²) >= 11 is 0. The maximum Gasteiger partial charge on any atom is 0.313 e. The first-order chi connectivity index (χ1) is 13.4. The summed E-state index contributed by atoms with van der Waals surface area (Å²) in [6.07, 6.45) is -0.468. The number of anilines is 2. The van der Waals surface area contributed by atoms with Gasteiger partial charge in [-0.1, -0.05) is 18.2 Å². The maximum atomic E-state index is 12.1. The third-order valence-electron chi connectivity index (χ3n) is 3.89. The van der Waals surface area contributed by atoms with Crippen LogP contribution >= 0.6 is 0 Å². The average Bonchev–Trinajstić information content (AvgIpc) is 2.69. The van der Waals surface area contributed by atoms with Crippen LogP contribution in [-0.4, -0.2) is 38.5 Å². The van der Waals surface area contributed by atoms with Crippen molar-refractivity contribution in [1.29, 1.82) is 0 Å². The molecule has 2 aromatic rings. The van der Waals surface area contributed by atoms with E-state index in [0.29, 0.717) is 17.1 Å². The highest BCUT2D eigenvalue weighted by atomic mass is 16.5. The summed E-state index contributed by atoms with van der Waals surface area (Å²) in [6, 6.07) is 13.7. The average molecular weight is 385 g/mol. The fourth-order valence-electron chi connectivity index (χ4n) is 2.55. The molecule has 0 saturated heterocycles. The van der Waals surface area contributed by atoms with Crippen LogP contribution in [0.1, 0.15) is 18.6 Å². The Labute approximate surface area is 163 Å². The number of hydrogen-bond donors (Lipinski definition) is 3. The van der Waals surface area contributed by atoms with Gasteiger partial charge in [0.2, 0.25) is 5.91 Å². The fraction of sp³-hybridized carbons (Fsp3) is 0.250. The van der Waals surface area contributed by atoms with E-state index in [9.17, 15) is 14.4 Å². The molecule has 2 aromatic carbocycles. The largest absolute Gasteiger partial charge is 0.496 e. The van der Waals surface area contributed by atoms with Crippen LogP contribution in [0.5, 0.6) is 5.75 Å². The third kappa shape index (κ3) is 5.82. The zero-order valence-electron chi connectivity index (χ0n) is 15.9. The summed E-state index contributed by atoms with van der Waals surface area (Å²) in [6.45, 7) is 1.50. The van der Waals surface area contributed by atoms with Crippen LogP contribution in [0.25, 0.3) is 0 Å². The highest BCUT2D eigenvalue weighted by molar-refractivity contribution is 6.39. The molecular formula is C20H23N3O5. The van der Waals surface area contributed by atoms with Gasteiger partial charge >= 0.3 is 11.8 Å². The van der Waals surface area contributed by atoms with Gasteiger partial charge in [0.15, 0.2) is 0 Å². The van der Waals surface area contributed by atoms with Crippen molar-refractivity contribution in [3.8, 4) is 5.75 Å². The standard InChI is InChI=1S/C20H23N3O5/c1-13(24)22-14-8-10-15(11-9-14)23-20(26)19(25)21-12-18(28-3)16-6-4-5-7-17(16)27-2/h4-11,18H,12H2,1-3H3,(H,21,25)(H,22,24)(H,23,26). The molecule has 0 heterocycles. The topological polar surface area (TPSA) is 106 Å². The highest BCUT2D eigenvalue weighted by Gasteiger charge is 2.19. The van der Waals surface area contributed by atoms with E-state index in [0.717, 1.165) is 5.56 Å². The molecule has 1 atom stereocenters. The lowest BCUT2D eigenvalue weighted by atomic mass is 10.1. The van der Waals surface area contributed by atoms with E-state index < -0.39 is 17.9 Å². The molecular weight excluding hydrogens is 362 g/mol. The number of hydrogen-bond acceptors (Lipinski definition) is 5. The summed E-state index contributed by atoms with van der Waals surface area (Å²) in [4.78, 5) is 35.2. The van der Waals surface area contributed by atoms with E-state index in [1.54, 1.807) is 37.4 Å².